The zero-order valence-electron chi connectivity index (χ0n) is 9.34. The lowest BCUT2D eigenvalue weighted by Crippen LogP contribution is -2.00. The standard InChI is InChI=1S/C11H9BrClFN4/c1-15-10-9(12)11(17-5-16-10)18-6-2-3-7(13)8(14)4-6/h2-5H,1H3,(H2,15,16,17,18). The average Bonchev–Trinajstić information content (AvgIpc) is 2.36. The molecule has 0 radical (unpaired) electrons. The monoisotopic (exact) mass is 330 g/mol. The van der Waals surface area contributed by atoms with E-state index in [1.165, 1.54) is 18.5 Å². The minimum absolute atomic E-state index is 0.0817. The Morgan fingerprint density at radius 1 is 1.28 bits per heavy atom. The molecule has 0 bridgehead atoms. The van der Waals surface area contributed by atoms with E-state index in [0.717, 1.165) is 0 Å². The zero-order chi connectivity index (χ0) is 13.1. The molecule has 18 heavy (non-hydrogen) atoms. The summed E-state index contributed by atoms with van der Waals surface area (Å²) in [5.74, 6) is 0.693. The second-order valence-corrected chi connectivity index (χ2v) is 4.59. The minimum Gasteiger partial charge on any atom is -0.372 e. The van der Waals surface area contributed by atoms with Crippen LogP contribution in [0, 0.1) is 5.82 Å². The summed E-state index contributed by atoms with van der Waals surface area (Å²) in [6.45, 7) is 0. The molecule has 0 spiro atoms. The van der Waals surface area contributed by atoms with Gasteiger partial charge in [-0.3, -0.25) is 0 Å². The van der Waals surface area contributed by atoms with Crippen LogP contribution in [0.1, 0.15) is 0 Å². The number of anilines is 3. The van der Waals surface area contributed by atoms with Crippen molar-refractivity contribution in [1.29, 1.82) is 0 Å². The molecule has 0 amide bonds. The summed E-state index contributed by atoms with van der Waals surface area (Å²) in [7, 11) is 1.75. The second-order valence-electron chi connectivity index (χ2n) is 3.39. The smallest absolute Gasteiger partial charge is 0.150 e. The average molecular weight is 332 g/mol. The topological polar surface area (TPSA) is 49.8 Å². The van der Waals surface area contributed by atoms with Gasteiger partial charge in [0.15, 0.2) is 0 Å². The van der Waals surface area contributed by atoms with Crippen molar-refractivity contribution in [2.24, 2.45) is 0 Å². The third-order valence-electron chi connectivity index (χ3n) is 2.21. The molecule has 2 aromatic rings. The van der Waals surface area contributed by atoms with Gasteiger partial charge >= 0.3 is 0 Å². The van der Waals surface area contributed by atoms with Crippen LogP contribution in [0.25, 0.3) is 0 Å². The molecule has 94 valence electrons. The molecule has 0 fully saturated rings. The van der Waals surface area contributed by atoms with Gasteiger partial charge in [-0.1, -0.05) is 11.6 Å². The maximum absolute atomic E-state index is 13.3. The molecule has 0 atom stereocenters. The number of hydrogen-bond donors (Lipinski definition) is 2. The first-order valence-electron chi connectivity index (χ1n) is 5.02. The van der Waals surface area contributed by atoms with Crippen LogP contribution in [0.5, 0.6) is 0 Å². The number of nitrogens with zero attached hydrogens (tertiary/aromatic N) is 2. The Balaban J connectivity index is 2.31. The highest BCUT2D eigenvalue weighted by atomic mass is 79.9. The molecule has 0 aliphatic carbocycles. The fourth-order valence-electron chi connectivity index (χ4n) is 1.34. The van der Waals surface area contributed by atoms with Gasteiger partial charge in [0.2, 0.25) is 0 Å². The van der Waals surface area contributed by atoms with Crippen LogP contribution in [-0.2, 0) is 0 Å². The molecule has 0 aliphatic heterocycles. The first-order valence-corrected chi connectivity index (χ1v) is 6.19. The van der Waals surface area contributed by atoms with Crippen molar-refractivity contribution in [3.8, 4) is 0 Å². The molecule has 1 aromatic heterocycles. The van der Waals surface area contributed by atoms with Crippen LogP contribution in [-0.4, -0.2) is 17.0 Å². The highest BCUT2D eigenvalue weighted by Crippen LogP contribution is 2.29. The number of aromatic nitrogens is 2. The number of nitrogens with one attached hydrogen (secondary N) is 2. The van der Waals surface area contributed by atoms with Crippen LogP contribution in [0.3, 0.4) is 0 Å². The molecule has 0 unspecified atom stereocenters. The van der Waals surface area contributed by atoms with Crippen LogP contribution in [0.4, 0.5) is 21.7 Å². The fourth-order valence-corrected chi connectivity index (χ4v) is 1.96. The number of benzene rings is 1. The molecule has 0 aliphatic rings. The third-order valence-corrected chi connectivity index (χ3v) is 3.27. The summed E-state index contributed by atoms with van der Waals surface area (Å²) in [5, 5.41) is 5.97. The van der Waals surface area contributed by atoms with E-state index in [-0.39, 0.29) is 5.02 Å². The lowest BCUT2D eigenvalue weighted by molar-refractivity contribution is 0.629. The Morgan fingerprint density at radius 3 is 2.67 bits per heavy atom. The first kappa shape index (κ1) is 13.0. The van der Waals surface area contributed by atoms with E-state index in [0.29, 0.717) is 21.8 Å². The summed E-state index contributed by atoms with van der Waals surface area (Å²) in [4.78, 5) is 8.10. The van der Waals surface area contributed by atoms with Gasteiger partial charge in [0.1, 0.15) is 28.3 Å². The zero-order valence-corrected chi connectivity index (χ0v) is 11.7. The second kappa shape index (κ2) is 5.49. The van der Waals surface area contributed by atoms with Crippen molar-refractivity contribution in [2.75, 3.05) is 17.7 Å². The molecule has 0 saturated heterocycles. The van der Waals surface area contributed by atoms with E-state index in [9.17, 15) is 4.39 Å². The highest BCUT2D eigenvalue weighted by molar-refractivity contribution is 9.10. The van der Waals surface area contributed by atoms with Gasteiger partial charge in [-0.15, -0.1) is 0 Å². The summed E-state index contributed by atoms with van der Waals surface area (Å²) >= 11 is 8.98. The van der Waals surface area contributed by atoms with Gasteiger partial charge in [-0.25, -0.2) is 14.4 Å². The molecule has 0 saturated carbocycles. The molecule has 1 heterocycles. The van der Waals surface area contributed by atoms with Gasteiger partial charge < -0.3 is 10.6 Å². The van der Waals surface area contributed by atoms with Gasteiger partial charge in [0, 0.05) is 12.7 Å². The molecule has 2 rings (SSSR count). The van der Waals surface area contributed by atoms with Crippen molar-refractivity contribution in [3.05, 3.63) is 39.8 Å². The summed E-state index contributed by atoms with van der Waals surface area (Å²) in [6, 6.07) is 4.45. The lowest BCUT2D eigenvalue weighted by atomic mass is 10.3. The summed E-state index contributed by atoms with van der Waals surface area (Å²) < 4.78 is 14.0. The molecule has 2 N–H and O–H groups in total. The summed E-state index contributed by atoms with van der Waals surface area (Å²) in [5.41, 5.74) is 0.554. The Hall–Kier alpha value is -1.40. The molecule has 4 nitrogen and oxygen atoms in total. The fraction of sp³-hybridized carbons (Fsp3) is 0.0909. The Labute approximate surface area is 117 Å². The highest BCUT2D eigenvalue weighted by Gasteiger charge is 2.08. The van der Waals surface area contributed by atoms with Crippen molar-refractivity contribution in [3.63, 3.8) is 0 Å². The van der Waals surface area contributed by atoms with E-state index in [2.05, 4.69) is 36.5 Å². The lowest BCUT2D eigenvalue weighted by Gasteiger charge is -2.10. The Morgan fingerprint density at radius 2 is 2.00 bits per heavy atom. The molecular formula is C11H9BrClFN4. The number of rotatable bonds is 3. The molecule has 7 heteroatoms. The predicted molar refractivity (Wildman–Crippen MR) is 74.0 cm³/mol. The third kappa shape index (κ3) is 2.70. The van der Waals surface area contributed by atoms with Gasteiger partial charge in [-0.2, -0.15) is 0 Å². The van der Waals surface area contributed by atoms with E-state index in [1.807, 2.05) is 0 Å². The van der Waals surface area contributed by atoms with Crippen molar-refractivity contribution in [2.45, 2.75) is 0 Å². The normalized spacial score (nSPS) is 10.2. The van der Waals surface area contributed by atoms with Gasteiger partial charge in [0.25, 0.3) is 0 Å². The van der Waals surface area contributed by atoms with E-state index in [1.54, 1.807) is 13.1 Å². The predicted octanol–water partition coefficient (Wildman–Crippen LogP) is 3.82. The van der Waals surface area contributed by atoms with Crippen molar-refractivity contribution in [1.82, 2.24) is 9.97 Å². The molecule has 1 aromatic carbocycles. The molecular weight excluding hydrogens is 323 g/mol. The van der Waals surface area contributed by atoms with Crippen LogP contribution in [0.15, 0.2) is 29.0 Å². The largest absolute Gasteiger partial charge is 0.372 e. The SMILES string of the molecule is CNc1ncnc(Nc2ccc(Cl)c(F)c2)c1Br. The number of halogens is 3. The van der Waals surface area contributed by atoms with Crippen LogP contribution >= 0.6 is 27.5 Å². The maximum Gasteiger partial charge on any atom is 0.150 e. The van der Waals surface area contributed by atoms with Gasteiger partial charge in [0.05, 0.1) is 5.02 Å². The Bertz CT molecular complexity index is 579. The van der Waals surface area contributed by atoms with E-state index < -0.39 is 5.82 Å². The van der Waals surface area contributed by atoms with Gasteiger partial charge in [-0.05, 0) is 34.1 Å². The summed E-state index contributed by atoms with van der Waals surface area (Å²) in [6.07, 6.45) is 1.41. The quantitative estimate of drug-likeness (QED) is 0.898. The van der Waals surface area contributed by atoms with Crippen molar-refractivity contribution >= 4 is 44.9 Å². The van der Waals surface area contributed by atoms with Crippen molar-refractivity contribution < 1.29 is 4.39 Å². The van der Waals surface area contributed by atoms with Crippen LogP contribution < -0.4 is 10.6 Å². The van der Waals surface area contributed by atoms with E-state index >= 15 is 0 Å². The van der Waals surface area contributed by atoms with Crippen LogP contribution in [0.2, 0.25) is 5.02 Å². The van der Waals surface area contributed by atoms with E-state index in [4.69, 9.17) is 11.6 Å². The Kier molecular flexibility index (Phi) is 3.98. The minimum atomic E-state index is -0.485. The first-order chi connectivity index (χ1) is 8.61. The maximum atomic E-state index is 13.3. The number of hydrogen-bond acceptors (Lipinski definition) is 4.